The number of nitrogen functional groups attached to an aromatic ring is 1. The third-order valence-electron chi connectivity index (χ3n) is 1.35. The summed E-state index contributed by atoms with van der Waals surface area (Å²) in [5.41, 5.74) is 6.07. The van der Waals surface area contributed by atoms with Crippen molar-refractivity contribution < 1.29 is 9.53 Å². The third kappa shape index (κ3) is 1.68. The topological polar surface area (TPSA) is 52.3 Å². The number of esters is 1. The van der Waals surface area contributed by atoms with E-state index in [2.05, 4.69) is 10.8 Å². The normalized spacial score (nSPS) is 9.50. The molecule has 1 aromatic carbocycles. The Kier molecular flexibility index (Phi) is 2.55. The van der Waals surface area contributed by atoms with Crippen LogP contribution in [0.2, 0.25) is 5.02 Å². The molecule has 0 aliphatic heterocycles. The smallest absolute Gasteiger partial charge is 0.339 e. The highest BCUT2D eigenvalue weighted by Gasteiger charge is 2.09. The SMILES string of the molecule is COC(=O)c1c[c]c(Cl)cc1N. The molecule has 63 valence electrons. The molecule has 0 atom stereocenters. The molecule has 0 bridgehead atoms. The summed E-state index contributed by atoms with van der Waals surface area (Å²) in [5.74, 6) is -0.486. The van der Waals surface area contributed by atoms with Gasteiger partial charge in [0.2, 0.25) is 0 Å². The van der Waals surface area contributed by atoms with Crippen molar-refractivity contribution in [3.05, 3.63) is 28.8 Å². The maximum atomic E-state index is 11.0. The fourth-order valence-electron chi connectivity index (χ4n) is 0.767. The number of nitrogens with two attached hydrogens (primary N) is 1. The van der Waals surface area contributed by atoms with E-state index >= 15 is 0 Å². The highest BCUT2D eigenvalue weighted by Crippen LogP contribution is 2.17. The maximum Gasteiger partial charge on any atom is 0.339 e. The Bertz CT molecular complexity index is 312. The molecule has 1 radical (unpaired) electrons. The molecule has 0 saturated carbocycles. The quantitative estimate of drug-likeness (QED) is 0.532. The van der Waals surface area contributed by atoms with Crippen molar-refractivity contribution in [2.75, 3.05) is 12.8 Å². The van der Waals surface area contributed by atoms with Gasteiger partial charge in [0, 0.05) is 11.8 Å². The zero-order valence-corrected chi connectivity index (χ0v) is 7.18. The first-order chi connectivity index (χ1) is 5.65. The molecule has 0 heterocycles. The van der Waals surface area contributed by atoms with Gasteiger partial charge in [-0.25, -0.2) is 4.79 Å². The summed E-state index contributed by atoms with van der Waals surface area (Å²) >= 11 is 5.58. The molecule has 1 rings (SSSR count). The predicted molar refractivity (Wildman–Crippen MR) is 46.0 cm³/mol. The molecule has 0 aromatic heterocycles. The van der Waals surface area contributed by atoms with Crippen LogP contribution < -0.4 is 5.73 Å². The Morgan fingerprint density at radius 3 is 2.92 bits per heavy atom. The molecule has 12 heavy (non-hydrogen) atoms. The van der Waals surface area contributed by atoms with Crippen molar-refractivity contribution in [1.29, 1.82) is 0 Å². The molecule has 0 fully saturated rings. The minimum Gasteiger partial charge on any atom is -0.465 e. The van der Waals surface area contributed by atoms with Crippen LogP contribution in [0.3, 0.4) is 0 Å². The van der Waals surface area contributed by atoms with Gasteiger partial charge < -0.3 is 10.5 Å². The summed E-state index contributed by atoms with van der Waals surface area (Å²) in [6, 6.07) is 5.50. The van der Waals surface area contributed by atoms with Crippen molar-refractivity contribution in [2.45, 2.75) is 0 Å². The van der Waals surface area contributed by atoms with Crippen LogP contribution in [0.1, 0.15) is 10.4 Å². The van der Waals surface area contributed by atoms with Crippen LogP contribution in [0.25, 0.3) is 0 Å². The van der Waals surface area contributed by atoms with E-state index in [9.17, 15) is 4.79 Å². The second kappa shape index (κ2) is 3.45. The average Bonchev–Trinajstić information content (AvgIpc) is 2.03. The average molecular weight is 185 g/mol. The summed E-state index contributed by atoms with van der Waals surface area (Å²) in [6.45, 7) is 0. The van der Waals surface area contributed by atoms with Gasteiger partial charge in [-0.05, 0) is 12.1 Å². The van der Waals surface area contributed by atoms with E-state index in [4.69, 9.17) is 17.3 Å². The van der Waals surface area contributed by atoms with Gasteiger partial charge in [-0.15, -0.1) is 0 Å². The zero-order chi connectivity index (χ0) is 9.14. The fraction of sp³-hybridized carbons (Fsp3) is 0.125. The van der Waals surface area contributed by atoms with Gasteiger partial charge in [0.1, 0.15) is 0 Å². The number of carbonyl (C=O) groups excluding carboxylic acids is 1. The van der Waals surface area contributed by atoms with Crippen LogP contribution in [0.4, 0.5) is 5.69 Å². The van der Waals surface area contributed by atoms with Gasteiger partial charge in [-0.2, -0.15) is 0 Å². The van der Waals surface area contributed by atoms with E-state index in [1.54, 1.807) is 0 Å². The van der Waals surface area contributed by atoms with Crippen molar-refractivity contribution in [3.8, 4) is 0 Å². The molecule has 1 aromatic rings. The van der Waals surface area contributed by atoms with Gasteiger partial charge in [0.05, 0.1) is 17.7 Å². The number of anilines is 1. The second-order valence-electron chi connectivity index (χ2n) is 2.14. The van der Waals surface area contributed by atoms with Crippen molar-refractivity contribution in [1.82, 2.24) is 0 Å². The molecule has 4 heteroatoms. The minimum absolute atomic E-state index is 0.280. The van der Waals surface area contributed by atoms with E-state index in [1.165, 1.54) is 19.2 Å². The molecule has 0 aliphatic rings. The minimum atomic E-state index is -0.486. The lowest BCUT2D eigenvalue weighted by molar-refractivity contribution is 0.0602. The molecule has 0 amide bonds. The Morgan fingerprint density at radius 2 is 2.42 bits per heavy atom. The molecule has 2 N–H and O–H groups in total. The monoisotopic (exact) mass is 184 g/mol. The second-order valence-corrected chi connectivity index (χ2v) is 2.55. The van der Waals surface area contributed by atoms with Gasteiger partial charge >= 0.3 is 5.97 Å². The first-order valence-corrected chi connectivity index (χ1v) is 3.58. The molecule has 0 unspecified atom stereocenters. The lowest BCUT2D eigenvalue weighted by Crippen LogP contribution is -2.05. The van der Waals surface area contributed by atoms with E-state index in [0.717, 1.165) is 0 Å². The predicted octanol–water partition coefficient (Wildman–Crippen LogP) is 1.51. The maximum absolute atomic E-state index is 11.0. The molecular formula is C8H7ClNO2. The van der Waals surface area contributed by atoms with Crippen LogP contribution in [0, 0.1) is 6.07 Å². The number of methoxy groups -OCH3 is 1. The van der Waals surface area contributed by atoms with E-state index in [0.29, 0.717) is 10.7 Å². The van der Waals surface area contributed by atoms with E-state index in [-0.39, 0.29) is 5.56 Å². The van der Waals surface area contributed by atoms with Crippen LogP contribution >= 0.6 is 11.6 Å². The number of halogens is 1. The van der Waals surface area contributed by atoms with Crippen LogP contribution in [0.15, 0.2) is 12.1 Å². The van der Waals surface area contributed by atoms with Crippen LogP contribution in [0.5, 0.6) is 0 Å². The highest BCUT2D eigenvalue weighted by atomic mass is 35.5. The van der Waals surface area contributed by atoms with Gasteiger partial charge in [0.25, 0.3) is 0 Å². The van der Waals surface area contributed by atoms with Gasteiger partial charge in [0.15, 0.2) is 0 Å². The van der Waals surface area contributed by atoms with Crippen molar-refractivity contribution >= 4 is 23.3 Å². The van der Waals surface area contributed by atoms with E-state index in [1.807, 2.05) is 0 Å². The van der Waals surface area contributed by atoms with Crippen LogP contribution in [-0.2, 0) is 4.74 Å². The van der Waals surface area contributed by atoms with Crippen LogP contribution in [-0.4, -0.2) is 13.1 Å². The third-order valence-corrected chi connectivity index (χ3v) is 1.57. The number of ether oxygens (including phenoxy) is 1. The number of carbonyl (C=O) groups is 1. The summed E-state index contributed by atoms with van der Waals surface area (Å²) in [5, 5.41) is 0.375. The lowest BCUT2D eigenvalue weighted by Gasteiger charge is -2.02. The van der Waals surface area contributed by atoms with Crippen molar-refractivity contribution in [3.63, 3.8) is 0 Å². The molecule has 0 spiro atoms. The number of rotatable bonds is 1. The Labute approximate surface area is 75.1 Å². The fourth-order valence-corrected chi connectivity index (χ4v) is 0.939. The first kappa shape index (κ1) is 8.87. The Hall–Kier alpha value is -1.22. The lowest BCUT2D eigenvalue weighted by atomic mass is 10.2. The largest absolute Gasteiger partial charge is 0.465 e. The molecule has 0 aliphatic carbocycles. The van der Waals surface area contributed by atoms with Crippen molar-refractivity contribution in [2.24, 2.45) is 0 Å². The number of hydrogen-bond acceptors (Lipinski definition) is 3. The Morgan fingerprint density at radius 1 is 1.75 bits per heavy atom. The summed E-state index contributed by atoms with van der Waals surface area (Å²) in [4.78, 5) is 11.0. The highest BCUT2D eigenvalue weighted by molar-refractivity contribution is 6.30. The zero-order valence-electron chi connectivity index (χ0n) is 6.43. The molecule has 0 saturated heterocycles. The summed E-state index contributed by atoms with van der Waals surface area (Å²) < 4.78 is 4.47. The van der Waals surface area contributed by atoms with E-state index < -0.39 is 5.97 Å². The molecule has 3 nitrogen and oxygen atoms in total. The van der Waals surface area contributed by atoms with Gasteiger partial charge in [-0.3, -0.25) is 0 Å². The standard InChI is InChI=1S/C8H7ClNO2/c1-12-8(11)6-3-2-5(9)4-7(6)10/h3-4H,10H2,1H3. The first-order valence-electron chi connectivity index (χ1n) is 3.20. The number of benzene rings is 1. The Balaban J connectivity index is 3.09. The molecular weight excluding hydrogens is 178 g/mol. The number of hydrogen-bond donors (Lipinski definition) is 1. The van der Waals surface area contributed by atoms with Gasteiger partial charge in [-0.1, -0.05) is 11.6 Å². The summed E-state index contributed by atoms with van der Waals surface area (Å²) in [6.07, 6.45) is 0. The summed E-state index contributed by atoms with van der Waals surface area (Å²) in [7, 11) is 1.29.